The number of benzene rings is 2. The Balaban J connectivity index is 1.87. The van der Waals surface area contributed by atoms with Crippen LogP contribution in [0.25, 0.3) is 17.2 Å². The van der Waals surface area contributed by atoms with Crippen molar-refractivity contribution in [3.05, 3.63) is 70.0 Å². The van der Waals surface area contributed by atoms with Gasteiger partial charge in [0.1, 0.15) is 5.82 Å². The maximum atomic E-state index is 15.1. The van der Waals surface area contributed by atoms with Crippen LogP contribution in [0.4, 0.5) is 4.39 Å². The second-order valence-corrected chi connectivity index (χ2v) is 11.8. The molecule has 2 aromatic rings. The van der Waals surface area contributed by atoms with Crippen LogP contribution in [0.2, 0.25) is 0 Å². The van der Waals surface area contributed by atoms with Gasteiger partial charge in [0.2, 0.25) is 0 Å². The van der Waals surface area contributed by atoms with Crippen LogP contribution in [0.5, 0.6) is 0 Å². The first kappa shape index (κ1) is 30.1. The third-order valence-corrected chi connectivity index (χ3v) is 8.78. The number of halogens is 1. The second-order valence-electron chi connectivity index (χ2n) is 8.78. The molecule has 0 saturated carbocycles. The number of phosphoric ester groups is 1. The lowest BCUT2D eigenvalue weighted by Gasteiger charge is -2.16. The van der Waals surface area contributed by atoms with Crippen LogP contribution >= 0.6 is 7.82 Å². The average molecular weight is 565 g/mol. The van der Waals surface area contributed by atoms with Gasteiger partial charge in [0.05, 0.1) is 26.2 Å². The maximum Gasteiger partial charge on any atom is 0.474 e. The molecule has 206 valence electrons. The van der Waals surface area contributed by atoms with Crippen LogP contribution < -0.4 is 0 Å². The van der Waals surface area contributed by atoms with Gasteiger partial charge in [-0.15, -0.1) is 0 Å². The van der Waals surface area contributed by atoms with Gasteiger partial charge in [-0.05, 0) is 103 Å². The van der Waals surface area contributed by atoms with Crippen molar-refractivity contribution in [1.82, 2.24) is 0 Å². The first-order valence-electron chi connectivity index (χ1n) is 12.5. The van der Waals surface area contributed by atoms with E-state index in [1.807, 2.05) is 25.1 Å². The summed E-state index contributed by atoms with van der Waals surface area (Å²) in [6.45, 7) is 5.75. The van der Waals surface area contributed by atoms with Gasteiger partial charge in [-0.25, -0.2) is 8.96 Å². The Bertz CT molecular complexity index is 1290. The fourth-order valence-electron chi connectivity index (χ4n) is 4.48. The highest BCUT2D eigenvalue weighted by atomic mass is 32.2. The number of phosphoric acid groups is 1. The van der Waals surface area contributed by atoms with Crippen LogP contribution in [0, 0.1) is 5.82 Å². The van der Waals surface area contributed by atoms with E-state index >= 15 is 4.39 Å². The predicted octanol–water partition coefficient (Wildman–Crippen LogP) is 6.89. The van der Waals surface area contributed by atoms with E-state index in [-0.39, 0.29) is 26.2 Å². The summed E-state index contributed by atoms with van der Waals surface area (Å²) in [7, 11) is -4.70. The topological polar surface area (TPSA) is 99.1 Å². The molecule has 1 aliphatic rings. The molecule has 1 N–H and O–H groups in total. The molecule has 0 saturated heterocycles. The van der Waals surface area contributed by atoms with E-state index in [1.165, 1.54) is 6.07 Å². The van der Waals surface area contributed by atoms with Crippen LogP contribution in [0.3, 0.4) is 0 Å². The van der Waals surface area contributed by atoms with Crippen molar-refractivity contribution in [1.29, 1.82) is 0 Å². The summed E-state index contributed by atoms with van der Waals surface area (Å²) in [6, 6.07) is 10.4. The Morgan fingerprint density at radius 3 is 2.29 bits per heavy atom. The number of carboxylic acid groups (broad SMARTS) is 1. The summed E-state index contributed by atoms with van der Waals surface area (Å²) in [6.07, 6.45) is 4.70. The van der Waals surface area contributed by atoms with Gasteiger partial charge < -0.3 is 5.11 Å². The molecular weight excluding hydrogens is 530 g/mol. The van der Waals surface area contributed by atoms with Crippen molar-refractivity contribution in [2.24, 2.45) is 0 Å². The third-order valence-electron chi connectivity index (χ3n) is 6.20. The summed E-state index contributed by atoms with van der Waals surface area (Å²) < 4.78 is 54.9. The predicted molar refractivity (Wildman–Crippen MR) is 148 cm³/mol. The van der Waals surface area contributed by atoms with Crippen molar-refractivity contribution in [3.8, 4) is 0 Å². The van der Waals surface area contributed by atoms with Crippen LogP contribution in [-0.4, -0.2) is 41.4 Å². The molecule has 1 aliphatic carbocycles. The number of unbranched alkanes of at least 4 members (excludes halogenated alkanes) is 1. The Morgan fingerprint density at radius 1 is 1.05 bits per heavy atom. The molecule has 1 unspecified atom stereocenters. The first-order valence-corrected chi connectivity index (χ1v) is 15.5. The average Bonchev–Trinajstić information content (AvgIpc) is 3.11. The Labute approximate surface area is 225 Å². The lowest BCUT2D eigenvalue weighted by molar-refractivity contribution is -0.135. The highest BCUT2D eigenvalue weighted by molar-refractivity contribution is 7.84. The maximum absolute atomic E-state index is 15.1. The van der Waals surface area contributed by atoms with Crippen molar-refractivity contribution >= 4 is 41.8 Å². The lowest BCUT2D eigenvalue weighted by Crippen LogP contribution is -2.04. The number of carbonyl (C=O) groups is 1. The standard InChI is InChI=1S/C28H34FO7PS/c1-5-34-37(32,35-6-2)36-16-8-7-9-23-26(29)15-14-22-24(19(3)25(28(22)23)18-27(30)31)17-20-10-12-21(13-11-20)38(4)33/h10-15,17H,5-9,16,18H2,1-4H3,(H,30,31)/b24-17-. The molecule has 0 fully saturated rings. The van der Waals surface area contributed by atoms with E-state index in [1.54, 1.807) is 38.3 Å². The van der Waals surface area contributed by atoms with E-state index in [0.717, 1.165) is 22.3 Å². The summed E-state index contributed by atoms with van der Waals surface area (Å²) >= 11 is 0. The zero-order valence-corrected chi connectivity index (χ0v) is 23.8. The molecule has 0 aliphatic heterocycles. The van der Waals surface area contributed by atoms with E-state index in [0.29, 0.717) is 40.9 Å². The Hall–Kier alpha value is -2.42. The van der Waals surface area contributed by atoms with Crippen LogP contribution in [0.15, 0.2) is 46.9 Å². The molecule has 0 spiro atoms. The highest BCUT2D eigenvalue weighted by Crippen LogP contribution is 2.49. The zero-order valence-electron chi connectivity index (χ0n) is 22.1. The molecule has 7 nitrogen and oxygen atoms in total. The number of carboxylic acids is 1. The summed E-state index contributed by atoms with van der Waals surface area (Å²) in [4.78, 5) is 12.4. The molecule has 0 radical (unpaired) electrons. The largest absolute Gasteiger partial charge is 0.481 e. The van der Waals surface area contributed by atoms with Gasteiger partial charge >= 0.3 is 13.8 Å². The van der Waals surface area contributed by atoms with Crippen molar-refractivity contribution in [2.75, 3.05) is 26.1 Å². The van der Waals surface area contributed by atoms with Crippen LogP contribution in [0.1, 0.15) is 62.3 Å². The van der Waals surface area contributed by atoms with Crippen molar-refractivity contribution in [2.45, 2.75) is 51.3 Å². The molecule has 38 heavy (non-hydrogen) atoms. The molecule has 0 heterocycles. The van der Waals surface area contributed by atoms with Crippen LogP contribution in [-0.2, 0) is 40.2 Å². The zero-order chi connectivity index (χ0) is 27.9. The number of allylic oxidation sites excluding steroid dienone is 2. The summed E-state index contributed by atoms with van der Waals surface area (Å²) in [5, 5.41) is 9.60. The van der Waals surface area contributed by atoms with Crippen molar-refractivity contribution < 1.29 is 36.6 Å². The lowest BCUT2D eigenvalue weighted by atomic mass is 9.92. The van der Waals surface area contributed by atoms with Gasteiger partial charge in [0.15, 0.2) is 0 Å². The molecule has 0 amide bonds. The second kappa shape index (κ2) is 13.6. The van der Waals surface area contributed by atoms with E-state index in [9.17, 15) is 18.7 Å². The highest BCUT2D eigenvalue weighted by Gasteiger charge is 2.29. The number of aliphatic carboxylic acids is 1. The van der Waals surface area contributed by atoms with Gasteiger partial charge in [-0.3, -0.25) is 22.6 Å². The minimum atomic E-state index is -3.61. The van der Waals surface area contributed by atoms with E-state index in [2.05, 4.69) is 0 Å². The van der Waals surface area contributed by atoms with E-state index < -0.39 is 30.4 Å². The monoisotopic (exact) mass is 564 g/mol. The SMILES string of the molecule is CCOP(=O)(OCC)OCCCCc1c(F)ccc2c1C(CC(=O)O)=C(C)/C2=C/c1ccc(S(C)=O)cc1. The van der Waals surface area contributed by atoms with Gasteiger partial charge in [-0.2, -0.15) is 0 Å². The molecular formula is C28H34FO7PS. The number of rotatable bonds is 14. The summed E-state index contributed by atoms with van der Waals surface area (Å²) in [5.74, 6) is -1.39. The fourth-order valence-corrected chi connectivity index (χ4v) is 6.20. The molecule has 2 aromatic carbocycles. The Morgan fingerprint density at radius 2 is 1.71 bits per heavy atom. The third kappa shape index (κ3) is 7.36. The molecule has 10 heteroatoms. The van der Waals surface area contributed by atoms with Gasteiger partial charge in [-0.1, -0.05) is 18.2 Å². The summed E-state index contributed by atoms with van der Waals surface area (Å²) in [5.41, 5.74) is 4.94. The molecule has 0 bridgehead atoms. The normalized spacial score (nSPS) is 15.2. The Kier molecular flexibility index (Phi) is 10.8. The first-order chi connectivity index (χ1) is 18.1. The van der Waals surface area contributed by atoms with Crippen molar-refractivity contribution in [3.63, 3.8) is 0 Å². The quantitative estimate of drug-likeness (QED) is 0.197. The van der Waals surface area contributed by atoms with Gasteiger partial charge in [0.25, 0.3) is 0 Å². The molecule has 3 rings (SSSR count). The van der Waals surface area contributed by atoms with Gasteiger partial charge in [0, 0.05) is 22.0 Å². The minimum absolute atomic E-state index is 0.120. The molecule has 1 atom stereocenters. The number of fused-ring (bicyclic) bond motifs is 1. The number of hydrogen-bond acceptors (Lipinski definition) is 6. The fraction of sp³-hybridized carbons (Fsp3) is 0.393. The van der Waals surface area contributed by atoms with E-state index in [4.69, 9.17) is 13.6 Å². The number of hydrogen-bond donors (Lipinski definition) is 1. The smallest absolute Gasteiger partial charge is 0.474 e. The molecule has 0 aromatic heterocycles. The minimum Gasteiger partial charge on any atom is -0.481 e.